The molecule has 0 saturated heterocycles. The van der Waals surface area contributed by atoms with Gasteiger partial charge in [0.05, 0.1) is 21.7 Å². The molecule has 0 aromatic rings. The Hall–Kier alpha value is -5.04. The van der Waals surface area contributed by atoms with Gasteiger partial charge in [0.1, 0.15) is 0 Å². The molecule has 0 atom stereocenters. The summed E-state index contributed by atoms with van der Waals surface area (Å²) in [7, 11) is 0. The third-order valence-corrected chi connectivity index (χ3v) is 6.41. The minimum Gasteiger partial charge on any atom is -0.427 e. The zero-order valence-corrected chi connectivity index (χ0v) is 33.5. The molecule has 0 aliphatic carbocycles. The number of hydrogen-bond donors (Lipinski definition) is 2. The Labute approximate surface area is 316 Å². The zero-order chi connectivity index (χ0) is 41.9. The number of amides is 4. The highest BCUT2D eigenvalue weighted by Gasteiger charge is 2.27. The summed E-state index contributed by atoms with van der Waals surface area (Å²) < 4.78 is 39.6. The van der Waals surface area contributed by atoms with E-state index in [1.807, 2.05) is 0 Å². The van der Waals surface area contributed by atoms with Crippen LogP contribution < -0.4 is 10.6 Å². The smallest absolute Gasteiger partial charge is 0.412 e. The number of ether oxygens (including phenoxy) is 8. The topological polar surface area (TPSA) is 241 Å². The van der Waals surface area contributed by atoms with Gasteiger partial charge in [-0.25, -0.2) is 19.2 Å². The summed E-state index contributed by atoms with van der Waals surface area (Å²) in [5, 5.41) is 4.76. The first-order chi connectivity index (χ1) is 24.7. The largest absolute Gasteiger partial charge is 0.427 e. The van der Waals surface area contributed by atoms with E-state index in [0.29, 0.717) is 0 Å². The van der Waals surface area contributed by atoms with E-state index in [-0.39, 0.29) is 39.3 Å². The lowest BCUT2D eigenvalue weighted by Crippen LogP contribution is -2.46. The van der Waals surface area contributed by atoms with Crippen LogP contribution in [0.25, 0.3) is 0 Å². The van der Waals surface area contributed by atoms with Gasteiger partial charge in [-0.2, -0.15) is 0 Å². The third-order valence-electron chi connectivity index (χ3n) is 6.41. The van der Waals surface area contributed by atoms with Crippen LogP contribution >= 0.6 is 0 Å². The van der Waals surface area contributed by atoms with Crippen LogP contribution in [0.1, 0.15) is 83.1 Å². The van der Waals surface area contributed by atoms with Gasteiger partial charge in [0.25, 0.3) is 0 Å². The van der Waals surface area contributed by atoms with Crippen LogP contribution in [0.5, 0.6) is 0 Å². The molecule has 20 nitrogen and oxygen atoms in total. The summed E-state index contributed by atoms with van der Waals surface area (Å²) in [6.45, 7) is 15.2. The summed E-state index contributed by atoms with van der Waals surface area (Å²) in [5.74, 6) is -2.48. The van der Waals surface area contributed by atoms with Gasteiger partial charge in [0.2, 0.25) is 27.2 Å². The molecule has 0 unspecified atom stereocenters. The average molecular weight is 779 g/mol. The van der Waals surface area contributed by atoms with Crippen molar-refractivity contribution in [2.24, 2.45) is 21.7 Å². The van der Waals surface area contributed by atoms with E-state index in [0.717, 1.165) is 9.80 Å². The molecule has 4 amide bonds. The molecule has 0 aliphatic rings. The second kappa shape index (κ2) is 22.2. The summed E-state index contributed by atoms with van der Waals surface area (Å²) in [4.78, 5) is 101. The van der Waals surface area contributed by atoms with E-state index < -0.39 is 97.1 Å². The molecule has 0 heterocycles. The van der Waals surface area contributed by atoms with E-state index in [4.69, 9.17) is 37.9 Å². The first-order valence-corrected chi connectivity index (χ1v) is 17.0. The molecule has 54 heavy (non-hydrogen) atoms. The van der Waals surface area contributed by atoms with Gasteiger partial charge in [0.15, 0.2) is 0 Å². The lowest BCUT2D eigenvalue weighted by molar-refractivity contribution is -0.163. The number of rotatable bonds is 17. The Morgan fingerprint density at radius 2 is 0.611 bits per heavy atom. The fourth-order valence-electron chi connectivity index (χ4n) is 3.11. The molecule has 0 spiro atoms. The van der Waals surface area contributed by atoms with Gasteiger partial charge in [-0.3, -0.25) is 19.2 Å². The Balaban J connectivity index is 5.65. The highest BCUT2D eigenvalue weighted by Crippen LogP contribution is 2.17. The Kier molecular flexibility index (Phi) is 20.2. The molecular weight excluding hydrogens is 720 g/mol. The van der Waals surface area contributed by atoms with Gasteiger partial charge in [-0.1, -0.05) is 0 Å². The highest BCUT2D eigenvalue weighted by molar-refractivity contribution is 5.77. The molecule has 0 aliphatic heterocycles. The normalized spacial score (nSPS) is 11.6. The van der Waals surface area contributed by atoms with E-state index in [9.17, 15) is 38.4 Å². The predicted molar refractivity (Wildman–Crippen MR) is 187 cm³/mol. The summed E-state index contributed by atoms with van der Waals surface area (Å²) in [6, 6.07) is 0. The number of carbonyl (C=O) groups excluding carboxylic acids is 8. The second-order valence-electron chi connectivity index (χ2n) is 15.7. The van der Waals surface area contributed by atoms with Crippen molar-refractivity contribution in [1.29, 1.82) is 0 Å². The Morgan fingerprint density at radius 1 is 0.370 bits per heavy atom. The van der Waals surface area contributed by atoms with E-state index in [1.165, 1.54) is 0 Å². The van der Waals surface area contributed by atoms with Crippen LogP contribution in [0.2, 0.25) is 0 Å². The third kappa shape index (κ3) is 21.5. The summed E-state index contributed by atoms with van der Waals surface area (Å²) in [6.07, 6.45) is -3.93. The lowest BCUT2D eigenvalue weighted by atomic mass is 9.97. The first-order valence-electron chi connectivity index (χ1n) is 17.0. The molecule has 0 saturated carbocycles. The summed E-state index contributed by atoms with van der Waals surface area (Å²) >= 11 is 0. The quantitative estimate of drug-likeness (QED) is 0.122. The van der Waals surface area contributed by atoms with Crippen molar-refractivity contribution in [3.05, 3.63) is 0 Å². The maximum atomic E-state index is 13.0. The van der Waals surface area contributed by atoms with Crippen molar-refractivity contribution in [2.75, 3.05) is 66.4 Å². The predicted octanol–water partition coefficient (Wildman–Crippen LogP) is 3.50. The van der Waals surface area contributed by atoms with Crippen LogP contribution in [0.4, 0.5) is 19.2 Å². The molecule has 0 radical (unpaired) electrons. The van der Waals surface area contributed by atoms with Gasteiger partial charge in [-0.15, -0.1) is 0 Å². The van der Waals surface area contributed by atoms with Crippen molar-refractivity contribution in [3.8, 4) is 0 Å². The molecule has 20 heteroatoms. The number of nitrogens with zero attached hydrogens (tertiary/aromatic N) is 2. The monoisotopic (exact) mass is 778 g/mol. The van der Waals surface area contributed by atoms with E-state index in [1.54, 1.807) is 83.1 Å². The van der Waals surface area contributed by atoms with Gasteiger partial charge >= 0.3 is 48.3 Å². The molecule has 0 fully saturated rings. The van der Waals surface area contributed by atoms with Gasteiger partial charge in [-0.05, 0) is 83.1 Å². The SMILES string of the molecule is CC(C)(C)C(=O)OCOC(=O)NCCN(CCN(CCNC(=O)OCOC(=O)C(C)(C)C)C(=O)OCOC(=O)C(C)(C)C)C(=O)OCOC(=O)C(C)(C)C. The van der Waals surface area contributed by atoms with Gasteiger partial charge in [0, 0.05) is 39.3 Å². The first kappa shape index (κ1) is 49.0. The van der Waals surface area contributed by atoms with Crippen molar-refractivity contribution in [2.45, 2.75) is 83.1 Å². The van der Waals surface area contributed by atoms with Crippen LogP contribution in [0.15, 0.2) is 0 Å². The maximum absolute atomic E-state index is 13.0. The molecule has 0 aromatic carbocycles. The number of hydrogen-bond acceptors (Lipinski definition) is 16. The lowest BCUT2D eigenvalue weighted by Gasteiger charge is -2.27. The molecule has 310 valence electrons. The van der Waals surface area contributed by atoms with Crippen LogP contribution in [0.3, 0.4) is 0 Å². The average Bonchev–Trinajstić information content (AvgIpc) is 3.03. The fourth-order valence-corrected chi connectivity index (χ4v) is 3.11. The second-order valence-corrected chi connectivity index (χ2v) is 15.7. The van der Waals surface area contributed by atoms with Gasteiger partial charge < -0.3 is 58.3 Å². The van der Waals surface area contributed by atoms with Crippen LogP contribution in [-0.4, -0.2) is 124 Å². The zero-order valence-electron chi connectivity index (χ0n) is 33.5. The number of esters is 4. The molecule has 0 bridgehead atoms. The highest BCUT2D eigenvalue weighted by atomic mass is 16.7. The van der Waals surface area contributed by atoms with E-state index >= 15 is 0 Å². The summed E-state index contributed by atoms with van der Waals surface area (Å²) in [5.41, 5.74) is -3.39. The molecular formula is C34H58N4O16. The Morgan fingerprint density at radius 3 is 0.852 bits per heavy atom. The maximum Gasteiger partial charge on any atom is 0.412 e. The Bertz CT molecular complexity index is 1190. The van der Waals surface area contributed by atoms with Crippen molar-refractivity contribution >= 4 is 48.3 Å². The molecule has 2 N–H and O–H groups in total. The minimum atomic E-state index is -0.995. The van der Waals surface area contributed by atoms with Crippen molar-refractivity contribution < 1.29 is 76.3 Å². The minimum absolute atomic E-state index is 0.205. The van der Waals surface area contributed by atoms with Crippen LogP contribution in [0, 0.1) is 21.7 Å². The number of nitrogens with one attached hydrogen (secondary N) is 2. The number of carbonyl (C=O) groups is 8. The van der Waals surface area contributed by atoms with Crippen molar-refractivity contribution in [3.63, 3.8) is 0 Å². The van der Waals surface area contributed by atoms with Crippen LogP contribution in [-0.2, 0) is 57.1 Å². The molecule has 0 rings (SSSR count). The fraction of sp³-hybridized carbons (Fsp3) is 0.765. The van der Waals surface area contributed by atoms with E-state index in [2.05, 4.69) is 10.6 Å². The van der Waals surface area contributed by atoms with Crippen molar-refractivity contribution in [1.82, 2.24) is 20.4 Å². The molecule has 0 aromatic heterocycles. The number of alkyl carbamates (subject to hydrolysis) is 2. The standard InChI is InChI=1S/C34H58N4O16/c1-31(2,3)23(39)47-19-51-27(43)35-13-15-37(29(45)53-21-49-25(41)33(7,8)9)17-18-38(30(46)54-22-50-26(42)34(10,11)12)16-14-36-28(44)52-20-48-24(40)32(4,5)6/h13-22H2,1-12H3,(H,35,43)(H,36,44).